The van der Waals surface area contributed by atoms with Crippen LogP contribution in [0.4, 0.5) is 11.4 Å². The molecule has 10 heteroatoms. The van der Waals surface area contributed by atoms with E-state index in [-0.39, 0.29) is 18.4 Å². The van der Waals surface area contributed by atoms with Gasteiger partial charge >= 0.3 is 11.9 Å². The van der Waals surface area contributed by atoms with Crippen LogP contribution in [0.15, 0.2) is 78.9 Å². The van der Waals surface area contributed by atoms with Crippen LogP contribution in [0.3, 0.4) is 0 Å². The maximum Gasteiger partial charge on any atom is 0.337 e. The fraction of sp³-hybridized carbons (Fsp3) is 0.312. The Labute approximate surface area is 244 Å². The lowest BCUT2D eigenvalue weighted by Gasteiger charge is -2.34. The van der Waals surface area contributed by atoms with E-state index in [2.05, 4.69) is 5.32 Å². The number of nitrogens with zero attached hydrogens (tertiary/aromatic N) is 1. The summed E-state index contributed by atoms with van der Waals surface area (Å²) >= 11 is 0. The zero-order chi connectivity index (χ0) is 30.6. The Bertz CT molecular complexity index is 1360. The number of methoxy groups -OCH3 is 1. The molecule has 0 aliphatic carbocycles. The van der Waals surface area contributed by atoms with Crippen molar-refractivity contribution in [3.05, 3.63) is 84.4 Å². The number of anilines is 2. The normalized spacial score (nSPS) is 13.0. The smallest absolute Gasteiger partial charge is 0.337 e. The standard InChI is InChI=1S/C32H36N2O8/c1-3-8-24(18-29(37)38)31(40)34(26-12-7-11-23(17-26)21-9-5-4-6-10-21)28(19-27(36)20-35)30(39)33-25-15-13-22(14-16-25)32(41)42-2/h4-7,9-17,24,27-28,35-36H,3,8,18-20H2,1-2H3,(H,33,39)(H,37,38). The number of carbonyl (C=O) groups is 4. The van der Waals surface area contributed by atoms with Crippen molar-refractivity contribution in [1.29, 1.82) is 0 Å². The summed E-state index contributed by atoms with van der Waals surface area (Å²) in [6, 6.07) is 21.0. The molecule has 3 unspecified atom stereocenters. The van der Waals surface area contributed by atoms with Crippen LogP contribution in [0.5, 0.6) is 0 Å². The number of amides is 2. The first-order valence-electron chi connectivity index (χ1n) is 13.7. The van der Waals surface area contributed by atoms with Crippen molar-refractivity contribution < 1.29 is 39.2 Å². The summed E-state index contributed by atoms with van der Waals surface area (Å²) in [7, 11) is 1.25. The number of nitrogens with one attached hydrogen (secondary N) is 1. The van der Waals surface area contributed by atoms with E-state index < -0.39 is 54.8 Å². The molecule has 0 saturated heterocycles. The van der Waals surface area contributed by atoms with Crippen LogP contribution < -0.4 is 10.2 Å². The van der Waals surface area contributed by atoms with Gasteiger partial charge in [0.1, 0.15) is 6.04 Å². The Hall–Kier alpha value is -4.54. The average Bonchev–Trinajstić information content (AvgIpc) is 3.00. The van der Waals surface area contributed by atoms with E-state index in [0.717, 1.165) is 11.1 Å². The Balaban J connectivity index is 2.10. The van der Waals surface area contributed by atoms with Gasteiger partial charge in [0.2, 0.25) is 11.8 Å². The summed E-state index contributed by atoms with van der Waals surface area (Å²) in [5.41, 5.74) is 2.55. The third-order valence-corrected chi connectivity index (χ3v) is 6.77. The van der Waals surface area contributed by atoms with Crippen LogP contribution in [-0.4, -0.2) is 64.9 Å². The number of carbonyl (C=O) groups excluding carboxylic acids is 3. The SMILES string of the molecule is CCCC(CC(=O)O)C(=O)N(c1cccc(-c2ccccc2)c1)C(CC(O)CO)C(=O)Nc1ccc(C(=O)OC)cc1. The van der Waals surface area contributed by atoms with Gasteiger partial charge in [-0.1, -0.05) is 55.8 Å². The molecule has 0 bridgehead atoms. The maximum atomic E-state index is 14.1. The summed E-state index contributed by atoms with van der Waals surface area (Å²) in [6.45, 7) is 1.18. The largest absolute Gasteiger partial charge is 0.481 e. The molecule has 0 saturated carbocycles. The van der Waals surface area contributed by atoms with Gasteiger partial charge in [0, 0.05) is 23.7 Å². The van der Waals surface area contributed by atoms with Gasteiger partial charge in [0.05, 0.1) is 31.8 Å². The second-order valence-corrected chi connectivity index (χ2v) is 9.85. The molecule has 42 heavy (non-hydrogen) atoms. The zero-order valence-corrected chi connectivity index (χ0v) is 23.6. The molecule has 10 nitrogen and oxygen atoms in total. The number of benzene rings is 3. The van der Waals surface area contributed by atoms with Gasteiger partial charge in [0.15, 0.2) is 0 Å². The molecule has 4 N–H and O–H groups in total. The first-order chi connectivity index (χ1) is 20.2. The van der Waals surface area contributed by atoms with Gasteiger partial charge in [-0.15, -0.1) is 0 Å². The van der Waals surface area contributed by atoms with Gasteiger partial charge in [-0.05, 0) is 53.9 Å². The molecular formula is C32H36N2O8. The molecule has 3 aromatic rings. The number of ether oxygens (including phenoxy) is 1. The lowest BCUT2D eigenvalue weighted by molar-refractivity contribution is -0.141. The summed E-state index contributed by atoms with van der Waals surface area (Å²) in [5.74, 6) is -3.89. The van der Waals surface area contributed by atoms with Crippen LogP contribution >= 0.6 is 0 Å². The van der Waals surface area contributed by atoms with E-state index in [1.807, 2.05) is 43.3 Å². The Kier molecular flexibility index (Phi) is 11.8. The van der Waals surface area contributed by atoms with Crippen molar-refractivity contribution in [1.82, 2.24) is 0 Å². The highest BCUT2D eigenvalue weighted by molar-refractivity contribution is 6.06. The molecule has 222 valence electrons. The molecule has 0 aliphatic heterocycles. The van der Waals surface area contributed by atoms with Crippen molar-refractivity contribution in [3.63, 3.8) is 0 Å². The van der Waals surface area contributed by atoms with Crippen LogP contribution in [0, 0.1) is 5.92 Å². The molecule has 3 rings (SSSR count). The van der Waals surface area contributed by atoms with Crippen LogP contribution in [0.25, 0.3) is 11.1 Å². The number of carboxylic acids is 1. The quantitative estimate of drug-likeness (QED) is 0.209. The molecule has 0 heterocycles. The number of aliphatic hydroxyl groups is 2. The maximum absolute atomic E-state index is 14.1. The van der Waals surface area contributed by atoms with E-state index in [9.17, 15) is 34.5 Å². The number of carboxylic acid groups (broad SMARTS) is 1. The van der Waals surface area contributed by atoms with E-state index in [4.69, 9.17) is 4.74 Å². The van der Waals surface area contributed by atoms with Crippen molar-refractivity contribution >= 4 is 35.1 Å². The van der Waals surface area contributed by atoms with Crippen molar-refractivity contribution in [3.8, 4) is 11.1 Å². The predicted molar refractivity (Wildman–Crippen MR) is 158 cm³/mol. The fourth-order valence-electron chi connectivity index (χ4n) is 4.69. The zero-order valence-electron chi connectivity index (χ0n) is 23.6. The molecule has 3 aromatic carbocycles. The second-order valence-electron chi connectivity index (χ2n) is 9.85. The molecule has 0 radical (unpaired) electrons. The molecule has 0 spiro atoms. The van der Waals surface area contributed by atoms with Crippen LogP contribution in [-0.2, 0) is 19.1 Å². The molecule has 3 atom stereocenters. The monoisotopic (exact) mass is 576 g/mol. The molecular weight excluding hydrogens is 540 g/mol. The minimum atomic E-state index is -1.35. The minimum absolute atomic E-state index is 0.270. The highest BCUT2D eigenvalue weighted by Crippen LogP contribution is 2.30. The summed E-state index contributed by atoms with van der Waals surface area (Å²) < 4.78 is 4.71. The molecule has 2 amide bonds. The number of aliphatic carboxylic acids is 1. The number of hydrogen-bond donors (Lipinski definition) is 4. The Morgan fingerprint density at radius 3 is 2.19 bits per heavy atom. The third-order valence-electron chi connectivity index (χ3n) is 6.77. The first kappa shape index (κ1) is 32.0. The Morgan fingerprint density at radius 1 is 0.929 bits per heavy atom. The number of hydrogen-bond acceptors (Lipinski definition) is 7. The van der Waals surface area contributed by atoms with Crippen LogP contribution in [0.1, 0.15) is 43.0 Å². The van der Waals surface area contributed by atoms with Crippen molar-refractivity contribution in [2.24, 2.45) is 5.92 Å². The Morgan fingerprint density at radius 2 is 1.60 bits per heavy atom. The summed E-state index contributed by atoms with van der Waals surface area (Å²) in [4.78, 5) is 52.7. The van der Waals surface area contributed by atoms with Crippen molar-refractivity contribution in [2.45, 2.75) is 44.8 Å². The summed E-state index contributed by atoms with van der Waals surface area (Å²) in [5, 5.41) is 32.4. The van der Waals surface area contributed by atoms with E-state index in [1.54, 1.807) is 18.2 Å². The van der Waals surface area contributed by atoms with E-state index in [0.29, 0.717) is 17.8 Å². The molecule has 0 fully saturated rings. The summed E-state index contributed by atoms with van der Waals surface area (Å²) in [6.07, 6.45) is -1.31. The third kappa shape index (κ3) is 8.48. The van der Waals surface area contributed by atoms with Crippen molar-refractivity contribution in [2.75, 3.05) is 23.9 Å². The number of rotatable bonds is 14. The van der Waals surface area contributed by atoms with Gasteiger partial charge in [-0.2, -0.15) is 0 Å². The van der Waals surface area contributed by atoms with Crippen LogP contribution in [0.2, 0.25) is 0 Å². The highest BCUT2D eigenvalue weighted by atomic mass is 16.5. The highest BCUT2D eigenvalue weighted by Gasteiger charge is 2.37. The van der Waals surface area contributed by atoms with Gasteiger partial charge < -0.3 is 25.4 Å². The van der Waals surface area contributed by atoms with E-state index >= 15 is 0 Å². The lowest BCUT2D eigenvalue weighted by Crippen LogP contribution is -2.51. The average molecular weight is 577 g/mol. The predicted octanol–water partition coefficient (Wildman–Crippen LogP) is 4.11. The lowest BCUT2D eigenvalue weighted by atomic mass is 9.95. The van der Waals surface area contributed by atoms with Gasteiger partial charge in [-0.25, -0.2) is 4.79 Å². The second kappa shape index (κ2) is 15.5. The molecule has 0 aliphatic rings. The van der Waals surface area contributed by atoms with Gasteiger partial charge in [-0.3, -0.25) is 19.3 Å². The molecule has 0 aromatic heterocycles. The minimum Gasteiger partial charge on any atom is -0.481 e. The fourth-order valence-corrected chi connectivity index (χ4v) is 4.69. The number of esters is 1. The van der Waals surface area contributed by atoms with E-state index in [1.165, 1.54) is 36.3 Å². The first-order valence-corrected chi connectivity index (χ1v) is 13.7. The topological polar surface area (TPSA) is 153 Å². The number of aliphatic hydroxyl groups excluding tert-OH is 2. The van der Waals surface area contributed by atoms with Gasteiger partial charge in [0.25, 0.3) is 0 Å².